The van der Waals surface area contributed by atoms with Gasteiger partial charge in [0.1, 0.15) is 12.4 Å². The van der Waals surface area contributed by atoms with Gasteiger partial charge in [0, 0.05) is 28.8 Å². The second-order valence-corrected chi connectivity index (χ2v) is 8.97. The molecule has 2 aromatic carbocycles. The third-order valence-electron chi connectivity index (χ3n) is 5.85. The van der Waals surface area contributed by atoms with E-state index in [0.29, 0.717) is 30.9 Å². The molecule has 3 rings (SSSR count). The molecule has 0 aliphatic rings. The molecule has 0 aliphatic heterocycles. The zero-order valence-corrected chi connectivity index (χ0v) is 20.7. The summed E-state index contributed by atoms with van der Waals surface area (Å²) in [5.74, 6) is -0.682. The number of fused-ring (bicyclic) bond motifs is 1. The molecule has 2 atom stereocenters. The van der Waals surface area contributed by atoms with Gasteiger partial charge in [-0.05, 0) is 63.8 Å². The van der Waals surface area contributed by atoms with Crippen molar-refractivity contribution in [1.82, 2.24) is 20.7 Å². The Balaban J connectivity index is 1.69. The van der Waals surface area contributed by atoms with Gasteiger partial charge in [-0.2, -0.15) is 0 Å². The van der Waals surface area contributed by atoms with Gasteiger partial charge in [-0.3, -0.25) is 19.8 Å². The van der Waals surface area contributed by atoms with E-state index in [1.165, 1.54) is 0 Å². The van der Waals surface area contributed by atoms with Crippen molar-refractivity contribution in [2.24, 2.45) is 5.92 Å². The zero-order valence-electron chi connectivity index (χ0n) is 20.7. The van der Waals surface area contributed by atoms with Crippen LogP contribution in [-0.4, -0.2) is 53.6 Å². The zero-order chi connectivity index (χ0) is 25.4. The van der Waals surface area contributed by atoms with Gasteiger partial charge >= 0.3 is 0 Å². The number of hydrogen-bond donors (Lipinski definition) is 3. The first-order valence-electron chi connectivity index (χ1n) is 11.8. The highest BCUT2D eigenvalue weighted by atomic mass is 16.5. The van der Waals surface area contributed by atoms with E-state index in [4.69, 9.17) is 9.94 Å². The van der Waals surface area contributed by atoms with Crippen LogP contribution in [0.1, 0.15) is 41.4 Å². The van der Waals surface area contributed by atoms with Crippen molar-refractivity contribution in [1.29, 1.82) is 0 Å². The number of likely N-dealkylation sites (N-methyl/N-ethyl adjacent to an activating group) is 1. The minimum atomic E-state index is -0.544. The number of ether oxygens (including phenoxy) is 1. The van der Waals surface area contributed by atoms with Crippen LogP contribution in [0.25, 0.3) is 10.9 Å². The Labute approximate surface area is 206 Å². The minimum Gasteiger partial charge on any atom is -0.489 e. The summed E-state index contributed by atoms with van der Waals surface area (Å²) in [6, 6.07) is 16.4. The van der Waals surface area contributed by atoms with Gasteiger partial charge in [-0.25, -0.2) is 5.48 Å². The topological polar surface area (TPSA) is 104 Å². The number of para-hydroxylation sites is 1. The fourth-order valence-corrected chi connectivity index (χ4v) is 4.21. The molecular formula is C27H34N4O4. The lowest BCUT2D eigenvalue weighted by Gasteiger charge is -2.28. The summed E-state index contributed by atoms with van der Waals surface area (Å²) in [7, 11) is 3.75. The van der Waals surface area contributed by atoms with Crippen molar-refractivity contribution in [3.63, 3.8) is 0 Å². The fraction of sp³-hybridized carbons (Fsp3) is 0.370. The summed E-state index contributed by atoms with van der Waals surface area (Å²) in [5.41, 5.74) is 5.11. The summed E-state index contributed by atoms with van der Waals surface area (Å²) >= 11 is 0. The third kappa shape index (κ3) is 7.00. The monoisotopic (exact) mass is 478 g/mol. The van der Waals surface area contributed by atoms with Gasteiger partial charge < -0.3 is 15.0 Å². The minimum absolute atomic E-state index is 0.286. The number of benzene rings is 2. The van der Waals surface area contributed by atoms with Crippen LogP contribution in [-0.2, 0) is 11.4 Å². The molecule has 0 spiro atoms. The first-order chi connectivity index (χ1) is 16.8. The number of carbonyl (C=O) groups is 2. The number of aryl methyl sites for hydroxylation is 1. The number of amides is 2. The van der Waals surface area contributed by atoms with Crippen molar-refractivity contribution in [3.05, 3.63) is 71.4 Å². The Morgan fingerprint density at radius 3 is 2.49 bits per heavy atom. The molecule has 0 saturated carbocycles. The summed E-state index contributed by atoms with van der Waals surface area (Å²) < 4.78 is 5.99. The van der Waals surface area contributed by atoms with Crippen LogP contribution in [0.3, 0.4) is 0 Å². The van der Waals surface area contributed by atoms with Crippen molar-refractivity contribution >= 4 is 22.7 Å². The van der Waals surface area contributed by atoms with Crippen molar-refractivity contribution in [2.45, 2.75) is 39.3 Å². The van der Waals surface area contributed by atoms with Gasteiger partial charge in [0.05, 0.1) is 17.5 Å². The van der Waals surface area contributed by atoms with Crippen LogP contribution in [0.15, 0.2) is 54.6 Å². The number of hydrogen-bond acceptors (Lipinski definition) is 6. The molecule has 35 heavy (non-hydrogen) atoms. The molecule has 0 bridgehead atoms. The number of rotatable bonds is 11. The van der Waals surface area contributed by atoms with Crippen LogP contribution >= 0.6 is 0 Å². The van der Waals surface area contributed by atoms with Crippen molar-refractivity contribution in [2.75, 3.05) is 20.6 Å². The first-order valence-corrected chi connectivity index (χ1v) is 11.8. The number of carbonyl (C=O) groups excluding carboxylic acids is 2. The lowest BCUT2D eigenvalue weighted by Crippen LogP contribution is -2.51. The van der Waals surface area contributed by atoms with Gasteiger partial charge in [-0.15, -0.1) is 0 Å². The van der Waals surface area contributed by atoms with Crippen molar-refractivity contribution < 1.29 is 19.5 Å². The molecule has 186 valence electrons. The number of pyridine rings is 1. The van der Waals surface area contributed by atoms with Gasteiger partial charge in [-0.1, -0.05) is 31.5 Å². The Bertz CT molecular complexity index is 1150. The molecule has 1 aromatic heterocycles. The predicted octanol–water partition coefficient (Wildman–Crippen LogP) is 3.70. The Morgan fingerprint density at radius 2 is 1.83 bits per heavy atom. The Morgan fingerprint density at radius 1 is 1.11 bits per heavy atom. The molecular weight excluding hydrogens is 444 g/mol. The van der Waals surface area contributed by atoms with Crippen LogP contribution in [0.5, 0.6) is 5.75 Å². The van der Waals surface area contributed by atoms with Crippen LogP contribution in [0.2, 0.25) is 0 Å². The highest BCUT2D eigenvalue weighted by Crippen LogP contribution is 2.21. The maximum atomic E-state index is 13.0. The van der Waals surface area contributed by atoms with Gasteiger partial charge in [0.15, 0.2) is 0 Å². The average molecular weight is 479 g/mol. The van der Waals surface area contributed by atoms with Gasteiger partial charge in [0.2, 0.25) is 5.91 Å². The van der Waals surface area contributed by atoms with Crippen LogP contribution < -0.4 is 15.5 Å². The summed E-state index contributed by atoms with van der Waals surface area (Å²) in [6.07, 6.45) is 1.29. The highest BCUT2D eigenvalue weighted by Gasteiger charge is 2.29. The quantitative estimate of drug-likeness (QED) is 0.287. The second kappa shape index (κ2) is 12.3. The number of hydroxylamine groups is 1. The van der Waals surface area contributed by atoms with E-state index in [2.05, 4.69) is 10.3 Å². The summed E-state index contributed by atoms with van der Waals surface area (Å²) in [5, 5.41) is 13.2. The molecule has 0 radical (unpaired) electrons. The molecule has 0 saturated heterocycles. The van der Waals surface area contributed by atoms with Crippen LogP contribution in [0, 0.1) is 12.8 Å². The average Bonchev–Trinajstić information content (AvgIpc) is 2.84. The summed E-state index contributed by atoms with van der Waals surface area (Å²) in [4.78, 5) is 31.7. The molecule has 0 fully saturated rings. The lowest BCUT2D eigenvalue weighted by atomic mass is 9.93. The predicted molar refractivity (Wildman–Crippen MR) is 135 cm³/mol. The number of aromatic nitrogens is 1. The lowest BCUT2D eigenvalue weighted by molar-refractivity contribution is -0.134. The molecule has 8 nitrogen and oxygen atoms in total. The maximum Gasteiger partial charge on any atom is 0.251 e. The van der Waals surface area contributed by atoms with Gasteiger partial charge in [0.25, 0.3) is 5.91 Å². The van der Waals surface area contributed by atoms with E-state index in [0.717, 1.165) is 28.6 Å². The molecule has 0 aliphatic carbocycles. The normalized spacial score (nSPS) is 12.9. The first kappa shape index (κ1) is 26.1. The van der Waals surface area contributed by atoms with Crippen molar-refractivity contribution in [3.8, 4) is 5.75 Å². The van der Waals surface area contributed by atoms with E-state index < -0.39 is 17.9 Å². The van der Waals surface area contributed by atoms with E-state index in [-0.39, 0.29) is 5.91 Å². The molecule has 8 heteroatoms. The Hall–Kier alpha value is -3.49. The summed E-state index contributed by atoms with van der Waals surface area (Å²) in [6.45, 7) is 4.77. The highest BCUT2D eigenvalue weighted by molar-refractivity contribution is 5.95. The molecule has 0 unspecified atom stereocenters. The second-order valence-electron chi connectivity index (χ2n) is 8.97. The smallest absolute Gasteiger partial charge is 0.251 e. The van der Waals surface area contributed by atoms with E-state index >= 15 is 0 Å². The largest absolute Gasteiger partial charge is 0.489 e. The number of nitrogens with zero attached hydrogens (tertiary/aromatic N) is 2. The fourth-order valence-electron chi connectivity index (χ4n) is 4.21. The molecule has 3 aromatic rings. The number of nitrogens with one attached hydrogen (secondary N) is 2. The molecule has 3 N–H and O–H groups in total. The van der Waals surface area contributed by atoms with Crippen LogP contribution in [0.4, 0.5) is 0 Å². The van der Waals surface area contributed by atoms with E-state index in [9.17, 15) is 9.59 Å². The standard InChI is InChI=1S/C27H34N4O4/c1-5-8-23(27(33)30-34)25(16-31(3)4)29-26(32)19-11-13-21(14-12-19)35-17-20-15-18(2)28-24-10-7-6-9-22(20)24/h6-7,9-15,23,25,34H,5,8,16-17H2,1-4H3,(H,29,32)(H,30,33)/t23-,25-/m0/s1. The molecule has 2 amide bonds. The SMILES string of the molecule is CCC[C@H](C(=O)NO)[C@H](CN(C)C)NC(=O)c1ccc(OCc2cc(C)nc3ccccc23)cc1. The maximum absolute atomic E-state index is 13.0. The van der Waals surface area contributed by atoms with E-state index in [1.807, 2.05) is 63.2 Å². The molecule has 1 heterocycles. The van der Waals surface area contributed by atoms with E-state index in [1.54, 1.807) is 29.7 Å². The third-order valence-corrected chi connectivity index (χ3v) is 5.85. The Kier molecular flexibility index (Phi) is 9.17.